The van der Waals surface area contributed by atoms with Crippen molar-refractivity contribution in [3.63, 3.8) is 0 Å². The van der Waals surface area contributed by atoms with Gasteiger partial charge in [0, 0.05) is 0 Å². The van der Waals surface area contributed by atoms with Gasteiger partial charge < -0.3 is 10.8 Å². The van der Waals surface area contributed by atoms with Gasteiger partial charge in [-0.3, -0.25) is 4.79 Å². The smallest absolute Gasteiger partial charge is 0.323 e. The number of hydrogen-bond donors (Lipinski definition) is 2. The summed E-state index contributed by atoms with van der Waals surface area (Å²) in [4.78, 5) is 11.3. The number of aliphatic carboxylic acids is 1. The van der Waals surface area contributed by atoms with Crippen LogP contribution in [0.15, 0.2) is 58.3 Å². The summed E-state index contributed by atoms with van der Waals surface area (Å²) in [6.45, 7) is 3.59. The van der Waals surface area contributed by atoms with Crippen LogP contribution in [0.1, 0.15) is 24.0 Å². The lowest BCUT2D eigenvalue weighted by molar-refractivity contribution is -0.140. The predicted molar refractivity (Wildman–Crippen MR) is 108 cm³/mol. The molecule has 0 aliphatic heterocycles. The average molecular weight is 441 g/mol. The van der Waals surface area contributed by atoms with Crippen molar-refractivity contribution in [1.82, 2.24) is 3.71 Å². The molecule has 2 aromatic rings. The first kappa shape index (κ1) is 23.0. The third-order valence-corrected chi connectivity index (χ3v) is 8.70. The highest BCUT2D eigenvalue weighted by molar-refractivity contribution is 8.04. The third kappa shape index (κ3) is 5.02. The maximum absolute atomic E-state index is 13.3. The minimum Gasteiger partial charge on any atom is -0.480 e. The molecule has 0 spiro atoms. The third-order valence-electron chi connectivity index (χ3n) is 4.33. The van der Waals surface area contributed by atoms with Gasteiger partial charge in [0.25, 0.3) is 20.0 Å². The molecule has 2 rings (SSSR count). The van der Waals surface area contributed by atoms with Crippen LogP contribution in [0.2, 0.25) is 0 Å². The fraction of sp³-hybridized carbons (Fsp3) is 0.316. The van der Waals surface area contributed by atoms with Crippen molar-refractivity contribution >= 4 is 26.0 Å². The molecule has 8 nitrogen and oxygen atoms in total. The molecule has 10 heteroatoms. The minimum atomic E-state index is -4.68. The second-order valence-electron chi connectivity index (χ2n) is 6.65. The van der Waals surface area contributed by atoms with Gasteiger partial charge in [-0.15, -0.1) is 0 Å². The Hall–Kier alpha value is -2.27. The van der Waals surface area contributed by atoms with E-state index < -0.39 is 32.1 Å². The number of benzene rings is 2. The summed E-state index contributed by atoms with van der Waals surface area (Å²) >= 11 is 0. The van der Waals surface area contributed by atoms with Crippen LogP contribution < -0.4 is 5.73 Å². The summed E-state index contributed by atoms with van der Waals surface area (Å²) in [5.41, 5.74) is 6.99. The van der Waals surface area contributed by atoms with E-state index in [0.717, 1.165) is 11.1 Å². The molecule has 0 saturated carbocycles. The van der Waals surface area contributed by atoms with Crippen molar-refractivity contribution in [3.8, 4) is 0 Å². The van der Waals surface area contributed by atoms with Gasteiger partial charge in [0.15, 0.2) is 0 Å². The molecule has 2 aromatic carbocycles. The van der Waals surface area contributed by atoms with Crippen molar-refractivity contribution in [3.05, 3.63) is 59.7 Å². The number of aryl methyl sites for hydroxylation is 2. The molecular formula is C19H24N2O6S2. The summed E-state index contributed by atoms with van der Waals surface area (Å²) in [6, 6.07) is 9.25. The predicted octanol–water partition coefficient (Wildman–Crippen LogP) is 1.88. The second-order valence-corrected chi connectivity index (χ2v) is 10.5. The van der Waals surface area contributed by atoms with Crippen molar-refractivity contribution < 1.29 is 26.7 Å². The topological polar surface area (TPSA) is 135 Å². The summed E-state index contributed by atoms with van der Waals surface area (Å²) in [5, 5.41) is 9.67. The summed E-state index contributed by atoms with van der Waals surface area (Å²) in [6.07, 6.45) is -0.109. The number of nitrogens with zero attached hydrogens (tertiary/aromatic N) is 1. The zero-order chi connectivity index (χ0) is 21.8. The van der Waals surface area contributed by atoms with Crippen molar-refractivity contribution in [2.45, 2.75) is 42.5 Å². The molecule has 158 valence electrons. The molecule has 3 N–H and O–H groups in total. The monoisotopic (exact) mass is 440 g/mol. The number of sulfonamides is 2. The first-order valence-corrected chi connectivity index (χ1v) is 11.8. The van der Waals surface area contributed by atoms with E-state index in [1.165, 1.54) is 48.5 Å². The highest BCUT2D eigenvalue weighted by atomic mass is 32.3. The summed E-state index contributed by atoms with van der Waals surface area (Å²) in [5.74, 6) is -1.56. The van der Waals surface area contributed by atoms with Gasteiger partial charge in [0.1, 0.15) is 6.04 Å². The Morgan fingerprint density at radius 2 is 1.28 bits per heavy atom. The van der Waals surface area contributed by atoms with Crippen LogP contribution in [-0.2, 0) is 24.8 Å². The molecule has 0 aromatic heterocycles. The van der Waals surface area contributed by atoms with E-state index in [0.29, 0.717) is 0 Å². The van der Waals surface area contributed by atoms with Crippen LogP contribution in [0, 0.1) is 13.8 Å². The Balaban J connectivity index is 2.72. The van der Waals surface area contributed by atoms with Gasteiger partial charge in [-0.25, -0.2) is 16.8 Å². The highest BCUT2D eigenvalue weighted by Gasteiger charge is 2.45. The zero-order valence-corrected chi connectivity index (χ0v) is 17.8. The number of carboxylic acids is 1. The van der Waals surface area contributed by atoms with Crippen LogP contribution >= 0.6 is 0 Å². The van der Waals surface area contributed by atoms with Gasteiger partial charge in [-0.05, 0) is 57.5 Å². The molecule has 0 unspecified atom stereocenters. The number of rotatable bonds is 9. The molecule has 0 amide bonds. The minimum absolute atomic E-state index is 0.0901. The van der Waals surface area contributed by atoms with E-state index in [2.05, 4.69) is 0 Å². The van der Waals surface area contributed by atoms with Crippen molar-refractivity contribution in [1.29, 1.82) is 0 Å². The first-order chi connectivity index (χ1) is 13.5. The maximum Gasteiger partial charge on any atom is 0.323 e. The quantitative estimate of drug-likeness (QED) is 0.608. The number of carboxylic acid groups (broad SMARTS) is 1. The largest absolute Gasteiger partial charge is 0.480 e. The Labute approximate surface area is 171 Å². The number of carbonyl (C=O) groups is 1. The summed E-state index contributed by atoms with van der Waals surface area (Å²) in [7, 11) is -9.37. The van der Waals surface area contributed by atoms with Crippen LogP contribution in [-0.4, -0.2) is 44.2 Å². The molecule has 0 saturated heterocycles. The molecule has 0 aliphatic rings. The van der Waals surface area contributed by atoms with E-state index in [1.807, 2.05) is 0 Å². The first-order valence-electron chi connectivity index (χ1n) is 8.87. The molecule has 0 heterocycles. The second kappa shape index (κ2) is 9.04. The van der Waals surface area contributed by atoms with Gasteiger partial charge in [-0.2, -0.15) is 0 Å². The molecule has 0 bridgehead atoms. The lowest BCUT2D eigenvalue weighted by Crippen LogP contribution is -2.48. The van der Waals surface area contributed by atoms with Gasteiger partial charge in [0.2, 0.25) is 0 Å². The van der Waals surface area contributed by atoms with E-state index in [-0.39, 0.29) is 32.9 Å². The molecule has 29 heavy (non-hydrogen) atoms. The van der Waals surface area contributed by atoms with Crippen LogP contribution in [0.25, 0.3) is 0 Å². The standard InChI is InChI=1S/C19H24N2O6S2/c1-14-5-9-16(10-6-14)28(24,25)21(18(19(22)23)4-3-13-20)29(26,27)17-11-7-15(2)8-12-17/h5-12,18H,3-4,13,20H2,1-2H3,(H,22,23)/t18-/m0/s1. The Kier molecular flexibility index (Phi) is 7.17. The molecule has 0 aliphatic carbocycles. The SMILES string of the molecule is Cc1ccc(S(=O)(=O)N([C@@H](CCCN)C(=O)O)S(=O)(=O)c2ccc(C)cc2)cc1. The molecule has 0 radical (unpaired) electrons. The fourth-order valence-electron chi connectivity index (χ4n) is 2.72. The van der Waals surface area contributed by atoms with Gasteiger partial charge in [0.05, 0.1) is 9.79 Å². The highest BCUT2D eigenvalue weighted by Crippen LogP contribution is 2.29. The average Bonchev–Trinajstić information content (AvgIpc) is 2.65. The van der Waals surface area contributed by atoms with Gasteiger partial charge in [-0.1, -0.05) is 39.1 Å². The van der Waals surface area contributed by atoms with E-state index in [9.17, 15) is 26.7 Å². The van der Waals surface area contributed by atoms with Crippen LogP contribution in [0.3, 0.4) is 0 Å². The molecule has 0 fully saturated rings. The number of hydrogen-bond acceptors (Lipinski definition) is 6. The summed E-state index contributed by atoms with van der Waals surface area (Å²) < 4.78 is 53.3. The zero-order valence-electron chi connectivity index (χ0n) is 16.1. The van der Waals surface area contributed by atoms with Gasteiger partial charge >= 0.3 is 5.97 Å². The Morgan fingerprint density at radius 3 is 1.59 bits per heavy atom. The molecular weight excluding hydrogens is 416 g/mol. The number of nitrogens with two attached hydrogens (primary N) is 1. The Morgan fingerprint density at radius 1 is 0.897 bits per heavy atom. The lowest BCUT2D eigenvalue weighted by atomic mass is 10.2. The molecule has 1 atom stereocenters. The van der Waals surface area contributed by atoms with Crippen molar-refractivity contribution in [2.24, 2.45) is 5.73 Å². The van der Waals surface area contributed by atoms with E-state index in [4.69, 9.17) is 5.73 Å². The van der Waals surface area contributed by atoms with Crippen molar-refractivity contribution in [2.75, 3.05) is 6.54 Å². The fourth-order valence-corrected chi connectivity index (χ4v) is 6.71. The lowest BCUT2D eigenvalue weighted by Gasteiger charge is -2.27. The maximum atomic E-state index is 13.3. The Bertz CT molecular complexity index is 987. The van der Waals surface area contributed by atoms with E-state index >= 15 is 0 Å². The van der Waals surface area contributed by atoms with Crippen LogP contribution in [0.4, 0.5) is 0 Å². The van der Waals surface area contributed by atoms with E-state index in [1.54, 1.807) is 13.8 Å². The van der Waals surface area contributed by atoms with Crippen LogP contribution in [0.5, 0.6) is 0 Å². The normalized spacial score (nSPS) is 13.4.